The zero-order chi connectivity index (χ0) is 19.6. The average Bonchev–Trinajstić information content (AvgIpc) is 2.74. The van der Waals surface area contributed by atoms with Crippen molar-refractivity contribution in [2.45, 2.75) is 32.2 Å². The molecule has 1 aromatic heterocycles. The van der Waals surface area contributed by atoms with Crippen LogP contribution in [0.25, 0.3) is 0 Å². The van der Waals surface area contributed by atoms with Gasteiger partial charge in [-0.25, -0.2) is 4.98 Å². The van der Waals surface area contributed by atoms with Gasteiger partial charge in [0.05, 0.1) is 13.7 Å². The third kappa shape index (κ3) is 5.94. The van der Waals surface area contributed by atoms with Gasteiger partial charge in [0.15, 0.2) is 0 Å². The summed E-state index contributed by atoms with van der Waals surface area (Å²) in [4.78, 5) is 6.82. The van der Waals surface area contributed by atoms with E-state index in [0.29, 0.717) is 13.2 Å². The zero-order valence-corrected chi connectivity index (χ0v) is 17.1. The van der Waals surface area contributed by atoms with Crippen molar-refractivity contribution >= 4 is 0 Å². The van der Waals surface area contributed by atoms with Crippen LogP contribution in [-0.2, 0) is 17.7 Å². The van der Waals surface area contributed by atoms with Crippen LogP contribution in [-0.4, -0.2) is 50.4 Å². The van der Waals surface area contributed by atoms with E-state index in [1.807, 2.05) is 12.1 Å². The Morgan fingerprint density at radius 2 is 1.79 bits per heavy atom. The number of piperidine rings is 1. The summed E-state index contributed by atoms with van der Waals surface area (Å²) in [7, 11) is 3.39. The quantitative estimate of drug-likeness (QED) is 0.580. The Bertz CT molecular complexity index is 714. The molecule has 0 amide bonds. The fourth-order valence-electron chi connectivity index (χ4n) is 3.85. The summed E-state index contributed by atoms with van der Waals surface area (Å²) < 4.78 is 16.3. The van der Waals surface area contributed by atoms with E-state index in [-0.39, 0.29) is 0 Å². The molecule has 1 aliphatic rings. The Morgan fingerprint density at radius 3 is 2.57 bits per heavy atom. The number of hydrogen-bond donors (Lipinski definition) is 0. The van der Waals surface area contributed by atoms with Crippen LogP contribution in [0.4, 0.5) is 0 Å². The molecule has 1 saturated heterocycles. The van der Waals surface area contributed by atoms with Gasteiger partial charge in [-0.15, -0.1) is 0 Å². The first-order chi connectivity index (χ1) is 13.8. The van der Waals surface area contributed by atoms with Crippen LogP contribution in [0.2, 0.25) is 0 Å². The Hall–Kier alpha value is -2.11. The van der Waals surface area contributed by atoms with Crippen LogP contribution in [0.3, 0.4) is 0 Å². The largest absolute Gasteiger partial charge is 0.491 e. The lowest BCUT2D eigenvalue weighted by Gasteiger charge is -2.32. The van der Waals surface area contributed by atoms with Crippen molar-refractivity contribution in [3.8, 4) is 11.6 Å². The summed E-state index contributed by atoms with van der Waals surface area (Å²) in [6.45, 7) is 4.40. The van der Waals surface area contributed by atoms with E-state index in [4.69, 9.17) is 14.2 Å². The van der Waals surface area contributed by atoms with Gasteiger partial charge in [-0.3, -0.25) is 4.90 Å². The molecule has 2 aromatic rings. The summed E-state index contributed by atoms with van der Waals surface area (Å²) in [6.07, 6.45) is 6.56. The third-order valence-electron chi connectivity index (χ3n) is 5.48. The van der Waals surface area contributed by atoms with Crippen molar-refractivity contribution in [1.29, 1.82) is 0 Å². The van der Waals surface area contributed by atoms with Gasteiger partial charge in [0.1, 0.15) is 12.4 Å². The molecule has 1 fully saturated rings. The molecule has 0 N–H and O–H groups in total. The molecule has 0 unspecified atom stereocenters. The van der Waals surface area contributed by atoms with Gasteiger partial charge in [0.2, 0.25) is 5.88 Å². The van der Waals surface area contributed by atoms with E-state index in [1.54, 1.807) is 20.4 Å². The monoisotopic (exact) mass is 384 g/mol. The van der Waals surface area contributed by atoms with Crippen molar-refractivity contribution in [3.05, 3.63) is 53.7 Å². The first-order valence-electron chi connectivity index (χ1n) is 10.2. The summed E-state index contributed by atoms with van der Waals surface area (Å²) in [5, 5.41) is 0. The highest BCUT2D eigenvalue weighted by molar-refractivity contribution is 5.33. The second-order valence-electron chi connectivity index (χ2n) is 7.38. The molecule has 5 nitrogen and oxygen atoms in total. The van der Waals surface area contributed by atoms with Crippen LogP contribution in [0.1, 0.15) is 30.4 Å². The van der Waals surface area contributed by atoms with Crippen LogP contribution in [0.15, 0.2) is 42.6 Å². The molecule has 28 heavy (non-hydrogen) atoms. The van der Waals surface area contributed by atoms with Gasteiger partial charge >= 0.3 is 0 Å². The van der Waals surface area contributed by atoms with E-state index in [1.165, 1.54) is 30.4 Å². The van der Waals surface area contributed by atoms with Crippen LogP contribution < -0.4 is 9.47 Å². The zero-order valence-electron chi connectivity index (χ0n) is 17.1. The molecule has 5 heteroatoms. The number of hydrogen-bond acceptors (Lipinski definition) is 5. The first kappa shape index (κ1) is 20.6. The minimum Gasteiger partial charge on any atom is -0.491 e. The molecule has 2 heterocycles. The first-order valence-corrected chi connectivity index (χ1v) is 10.2. The Morgan fingerprint density at radius 1 is 1.00 bits per heavy atom. The summed E-state index contributed by atoms with van der Waals surface area (Å²) in [5.74, 6) is 2.52. The van der Waals surface area contributed by atoms with E-state index < -0.39 is 0 Å². The van der Waals surface area contributed by atoms with Crippen LogP contribution in [0, 0.1) is 5.92 Å². The Labute approximate surface area is 168 Å². The number of nitrogens with zero attached hydrogens (tertiary/aromatic N) is 2. The molecule has 0 saturated carbocycles. The highest BCUT2D eigenvalue weighted by Crippen LogP contribution is 2.27. The topological polar surface area (TPSA) is 43.8 Å². The smallest absolute Gasteiger partial charge is 0.217 e. The number of rotatable bonds is 10. The fraction of sp³-hybridized carbons (Fsp3) is 0.522. The van der Waals surface area contributed by atoms with E-state index in [0.717, 1.165) is 43.6 Å². The van der Waals surface area contributed by atoms with E-state index in [2.05, 4.69) is 34.1 Å². The number of aryl methyl sites for hydroxylation is 1. The molecule has 0 spiro atoms. The maximum absolute atomic E-state index is 5.87. The molecule has 0 aliphatic carbocycles. The van der Waals surface area contributed by atoms with E-state index in [9.17, 15) is 0 Å². The molecule has 152 valence electrons. The Balaban J connectivity index is 1.45. The predicted molar refractivity (Wildman–Crippen MR) is 111 cm³/mol. The summed E-state index contributed by atoms with van der Waals surface area (Å²) in [6, 6.07) is 12.5. The fourth-order valence-corrected chi connectivity index (χ4v) is 3.85. The molecule has 0 radical (unpaired) electrons. The number of methoxy groups -OCH3 is 2. The molecule has 1 aromatic carbocycles. The van der Waals surface area contributed by atoms with Crippen molar-refractivity contribution in [2.75, 3.05) is 40.5 Å². The number of likely N-dealkylation sites (tertiary alicyclic amines) is 1. The third-order valence-corrected chi connectivity index (χ3v) is 5.48. The molecular weight excluding hydrogens is 352 g/mol. The number of benzene rings is 1. The normalized spacial score (nSPS) is 15.5. The lowest BCUT2D eigenvalue weighted by atomic mass is 9.90. The second kappa shape index (κ2) is 11.0. The standard InChI is InChI=1S/C23H32N2O3/c1-26-16-17-28-22-8-4-3-6-20(22)10-9-19-11-14-25(15-12-19)18-21-7-5-13-24-23(21)27-2/h3-8,13,19H,9-12,14-18H2,1-2H3. The number of pyridine rings is 1. The van der Waals surface area contributed by atoms with Crippen molar-refractivity contribution in [3.63, 3.8) is 0 Å². The van der Waals surface area contributed by atoms with Crippen LogP contribution >= 0.6 is 0 Å². The maximum atomic E-state index is 5.87. The minimum absolute atomic E-state index is 0.601. The summed E-state index contributed by atoms with van der Waals surface area (Å²) >= 11 is 0. The maximum Gasteiger partial charge on any atom is 0.217 e. The molecule has 0 atom stereocenters. The molecule has 3 rings (SSSR count). The second-order valence-corrected chi connectivity index (χ2v) is 7.38. The molecule has 0 bridgehead atoms. The SMILES string of the molecule is COCCOc1ccccc1CCC1CCN(Cc2cccnc2OC)CC1. The minimum atomic E-state index is 0.601. The van der Waals surface area contributed by atoms with Gasteiger partial charge in [-0.2, -0.15) is 0 Å². The lowest BCUT2D eigenvalue weighted by molar-refractivity contribution is 0.145. The number of ether oxygens (including phenoxy) is 3. The van der Waals surface area contributed by atoms with E-state index >= 15 is 0 Å². The highest BCUT2D eigenvalue weighted by Gasteiger charge is 2.20. The van der Waals surface area contributed by atoms with Gasteiger partial charge in [0.25, 0.3) is 0 Å². The Kier molecular flexibility index (Phi) is 8.12. The molecular formula is C23H32N2O3. The number of para-hydroxylation sites is 1. The van der Waals surface area contributed by atoms with Crippen molar-refractivity contribution < 1.29 is 14.2 Å². The molecule has 1 aliphatic heterocycles. The average molecular weight is 385 g/mol. The van der Waals surface area contributed by atoms with Crippen molar-refractivity contribution in [2.24, 2.45) is 5.92 Å². The predicted octanol–water partition coefficient (Wildman–Crippen LogP) is 3.96. The van der Waals surface area contributed by atoms with Gasteiger partial charge < -0.3 is 14.2 Å². The van der Waals surface area contributed by atoms with Gasteiger partial charge in [-0.05, 0) is 62.4 Å². The number of aromatic nitrogens is 1. The van der Waals surface area contributed by atoms with Gasteiger partial charge in [-0.1, -0.05) is 24.3 Å². The van der Waals surface area contributed by atoms with Gasteiger partial charge in [0, 0.05) is 25.4 Å². The summed E-state index contributed by atoms with van der Waals surface area (Å²) in [5.41, 5.74) is 2.48. The highest BCUT2D eigenvalue weighted by atomic mass is 16.5. The lowest BCUT2D eigenvalue weighted by Crippen LogP contribution is -2.33. The van der Waals surface area contributed by atoms with Crippen LogP contribution in [0.5, 0.6) is 11.6 Å². The van der Waals surface area contributed by atoms with Crippen molar-refractivity contribution in [1.82, 2.24) is 9.88 Å².